The molecule has 3 aromatic rings. The Kier molecular flexibility index (Phi) is 7.43. The molecule has 0 radical (unpaired) electrons. The fourth-order valence-corrected chi connectivity index (χ4v) is 4.52. The number of hydrogen-bond donors (Lipinski definition) is 2. The first-order valence-electron chi connectivity index (χ1n) is 10.1. The van der Waals surface area contributed by atoms with E-state index in [9.17, 15) is 13.2 Å². The smallest absolute Gasteiger partial charge is 0.265 e. The third kappa shape index (κ3) is 5.81. The highest BCUT2D eigenvalue weighted by atomic mass is 35.5. The predicted molar refractivity (Wildman–Crippen MR) is 128 cm³/mol. The zero-order valence-electron chi connectivity index (χ0n) is 18.1. The molecule has 3 aromatic carbocycles. The molecule has 8 heteroatoms. The number of amides is 1. The van der Waals surface area contributed by atoms with Crippen LogP contribution in [0.3, 0.4) is 0 Å². The first-order valence-corrected chi connectivity index (χ1v) is 12.0. The number of carbonyl (C=O) groups excluding carboxylic acids is 1. The maximum atomic E-state index is 12.8. The third-order valence-electron chi connectivity index (χ3n) is 4.89. The van der Waals surface area contributed by atoms with Crippen molar-refractivity contribution >= 4 is 38.9 Å². The van der Waals surface area contributed by atoms with Gasteiger partial charge >= 0.3 is 0 Å². The van der Waals surface area contributed by atoms with E-state index in [0.29, 0.717) is 28.6 Å². The van der Waals surface area contributed by atoms with Gasteiger partial charge in [0.05, 0.1) is 10.6 Å². The Bertz CT molecular complexity index is 1190. The van der Waals surface area contributed by atoms with Crippen LogP contribution in [0, 0.1) is 13.8 Å². The van der Waals surface area contributed by atoms with Gasteiger partial charge in [0.25, 0.3) is 15.9 Å². The summed E-state index contributed by atoms with van der Waals surface area (Å²) in [6.45, 7) is 5.53. The van der Waals surface area contributed by atoms with E-state index in [-0.39, 0.29) is 10.8 Å². The molecule has 0 spiro atoms. The minimum absolute atomic E-state index is 0.0976. The zero-order valence-corrected chi connectivity index (χ0v) is 19.6. The summed E-state index contributed by atoms with van der Waals surface area (Å²) < 4.78 is 34.0. The van der Waals surface area contributed by atoms with Crippen LogP contribution in [-0.2, 0) is 14.8 Å². The SMILES string of the molecule is CCC(Oc1cccc(Cl)c1)C(=O)Nc1ccc(S(=O)(=O)Nc2c(C)cccc2C)cc1. The minimum atomic E-state index is -3.77. The van der Waals surface area contributed by atoms with Crippen molar-refractivity contribution in [2.24, 2.45) is 0 Å². The van der Waals surface area contributed by atoms with E-state index in [1.807, 2.05) is 39.0 Å². The Balaban J connectivity index is 1.70. The van der Waals surface area contributed by atoms with Gasteiger partial charge in [-0.25, -0.2) is 8.42 Å². The van der Waals surface area contributed by atoms with Crippen molar-refractivity contribution in [3.05, 3.63) is 82.9 Å². The molecule has 0 heterocycles. The van der Waals surface area contributed by atoms with Gasteiger partial charge < -0.3 is 10.1 Å². The molecule has 0 aliphatic rings. The molecular formula is C24H25ClN2O4S. The summed E-state index contributed by atoms with van der Waals surface area (Å²) in [5.41, 5.74) is 2.70. The number of hydrogen-bond acceptors (Lipinski definition) is 4. The summed E-state index contributed by atoms with van der Waals surface area (Å²) in [5, 5.41) is 3.28. The van der Waals surface area contributed by atoms with Crippen molar-refractivity contribution in [3.8, 4) is 5.75 Å². The van der Waals surface area contributed by atoms with Crippen LogP contribution in [0.2, 0.25) is 5.02 Å². The van der Waals surface area contributed by atoms with Gasteiger partial charge in [-0.3, -0.25) is 9.52 Å². The Morgan fingerprint density at radius 3 is 2.22 bits per heavy atom. The van der Waals surface area contributed by atoms with E-state index in [4.69, 9.17) is 16.3 Å². The first kappa shape index (κ1) is 23.6. The van der Waals surface area contributed by atoms with Crippen molar-refractivity contribution in [3.63, 3.8) is 0 Å². The lowest BCUT2D eigenvalue weighted by Gasteiger charge is -2.18. The maximum Gasteiger partial charge on any atom is 0.265 e. The highest BCUT2D eigenvalue weighted by Crippen LogP contribution is 2.24. The topological polar surface area (TPSA) is 84.5 Å². The molecule has 168 valence electrons. The van der Waals surface area contributed by atoms with Crippen molar-refractivity contribution in [2.75, 3.05) is 10.0 Å². The summed E-state index contributed by atoms with van der Waals surface area (Å²) in [4.78, 5) is 12.7. The number of rotatable bonds is 8. The number of carbonyl (C=O) groups is 1. The van der Waals surface area contributed by atoms with Gasteiger partial charge in [0, 0.05) is 10.7 Å². The lowest BCUT2D eigenvalue weighted by Crippen LogP contribution is -2.32. The molecule has 1 amide bonds. The second kappa shape index (κ2) is 10.1. The monoisotopic (exact) mass is 472 g/mol. The summed E-state index contributed by atoms with van der Waals surface area (Å²) in [7, 11) is -3.77. The molecule has 3 rings (SSSR count). The minimum Gasteiger partial charge on any atom is -0.481 e. The fourth-order valence-electron chi connectivity index (χ4n) is 3.14. The van der Waals surface area contributed by atoms with Crippen LogP contribution in [0.4, 0.5) is 11.4 Å². The second-order valence-electron chi connectivity index (χ2n) is 7.36. The van der Waals surface area contributed by atoms with E-state index >= 15 is 0 Å². The summed E-state index contributed by atoms with van der Waals surface area (Å²) in [6, 6.07) is 18.4. The molecule has 1 atom stereocenters. The molecule has 2 N–H and O–H groups in total. The Labute approximate surface area is 193 Å². The molecule has 6 nitrogen and oxygen atoms in total. The Hall–Kier alpha value is -3.03. The van der Waals surface area contributed by atoms with E-state index in [0.717, 1.165) is 11.1 Å². The van der Waals surface area contributed by atoms with E-state index < -0.39 is 16.1 Å². The number of sulfonamides is 1. The van der Waals surface area contributed by atoms with Crippen LogP contribution in [0.5, 0.6) is 5.75 Å². The molecule has 0 bridgehead atoms. The van der Waals surface area contributed by atoms with Gasteiger partial charge in [0.1, 0.15) is 5.75 Å². The van der Waals surface area contributed by atoms with Gasteiger partial charge in [-0.15, -0.1) is 0 Å². The number of ether oxygens (including phenoxy) is 1. The largest absolute Gasteiger partial charge is 0.481 e. The molecule has 0 saturated carbocycles. The van der Waals surface area contributed by atoms with E-state index in [1.54, 1.807) is 36.4 Å². The van der Waals surface area contributed by atoms with Crippen LogP contribution in [-0.4, -0.2) is 20.4 Å². The summed E-state index contributed by atoms with van der Waals surface area (Å²) in [5.74, 6) is 0.162. The lowest BCUT2D eigenvalue weighted by molar-refractivity contribution is -0.122. The summed E-state index contributed by atoms with van der Waals surface area (Å²) in [6.07, 6.45) is -0.271. The molecule has 0 aromatic heterocycles. The maximum absolute atomic E-state index is 12.8. The van der Waals surface area contributed by atoms with E-state index in [1.165, 1.54) is 12.1 Å². The fraction of sp³-hybridized carbons (Fsp3) is 0.208. The number of benzene rings is 3. The van der Waals surface area contributed by atoms with Gasteiger partial charge in [-0.1, -0.05) is 42.8 Å². The van der Waals surface area contributed by atoms with Gasteiger partial charge in [-0.05, 0) is 73.9 Å². The van der Waals surface area contributed by atoms with Crippen molar-refractivity contribution < 1.29 is 17.9 Å². The Morgan fingerprint density at radius 2 is 1.62 bits per heavy atom. The van der Waals surface area contributed by atoms with Crippen LogP contribution in [0.1, 0.15) is 24.5 Å². The Morgan fingerprint density at radius 1 is 1.00 bits per heavy atom. The van der Waals surface area contributed by atoms with Crippen LogP contribution in [0.25, 0.3) is 0 Å². The zero-order chi connectivity index (χ0) is 23.3. The second-order valence-corrected chi connectivity index (χ2v) is 9.48. The quantitative estimate of drug-likeness (QED) is 0.450. The standard InChI is InChI=1S/C24H25ClN2O4S/c1-4-22(31-20-10-6-9-18(25)15-20)24(28)26-19-11-13-21(14-12-19)32(29,30)27-23-16(2)7-5-8-17(23)3/h5-15,22,27H,4H2,1-3H3,(H,26,28). The average Bonchev–Trinajstić information content (AvgIpc) is 2.75. The van der Waals surface area contributed by atoms with Gasteiger partial charge in [0.15, 0.2) is 6.10 Å². The van der Waals surface area contributed by atoms with Crippen molar-refractivity contribution in [1.29, 1.82) is 0 Å². The molecule has 0 aliphatic carbocycles. The van der Waals surface area contributed by atoms with E-state index in [2.05, 4.69) is 10.0 Å². The average molecular weight is 473 g/mol. The summed E-state index contributed by atoms with van der Waals surface area (Å²) >= 11 is 5.97. The van der Waals surface area contributed by atoms with Gasteiger partial charge in [0.2, 0.25) is 0 Å². The number of halogens is 1. The molecule has 1 unspecified atom stereocenters. The molecule has 0 aliphatic heterocycles. The molecule has 32 heavy (non-hydrogen) atoms. The number of para-hydroxylation sites is 1. The predicted octanol–water partition coefficient (Wildman–Crippen LogP) is 5.55. The lowest BCUT2D eigenvalue weighted by atomic mass is 10.1. The highest BCUT2D eigenvalue weighted by molar-refractivity contribution is 7.92. The number of nitrogens with one attached hydrogen (secondary N) is 2. The molecular weight excluding hydrogens is 448 g/mol. The van der Waals surface area contributed by atoms with Crippen LogP contribution < -0.4 is 14.8 Å². The van der Waals surface area contributed by atoms with Crippen LogP contribution in [0.15, 0.2) is 71.6 Å². The number of anilines is 2. The highest BCUT2D eigenvalue weighted by Gasteiger charge is 2.20. The van der Waals surface area contributed by atoms with Crippen LogP contribution >= 0.6 is 11.6 Å². The van der Waals surface area contributed by atoms with Crippen molar-refractivity contribution in [1.82, 2.24) is 0 Å². The third-order valence-corrected chi connectivity index (χ3v) is 6.49. The number of aryl methyl sites for hydroxylation is 2. The molecule has 0 fully saturated rings. The first-order chi connectivity index (χ1) is 15.2. The normalized spacial score (nSPS) is 12.1. The van der Waals surface area contributed by atoms with Crippen molar-refractivity contribution in [2.45, 2.75) is 38.2 Å². The van der Waals surface area contributed by atoms with Gasteiger partial charge in [-0.2, -0.15) is 0 Å². The molecule has 0 saturated heterocycles.